The maximum absolute atomic E-state index is 13.0. The van der Waals surface area contributed by atoms with Crippen LogP contribution < -0.4 is 15.1 Å². The van der Waals surface area contributed by atoms with Crippen molar-refractivity contribution in [2.45, 2.75) is 6.61 Å². The SMILES string of the molecule is COc1cc2oc(=O)c(-c3ccc([N+](=O)[O-])cc3)c(COC(=O)c3ccccc3)c2cc1OC. The van der Waals surface area contributed by atoms with Gasteiger partial charge >= 0.3 is 11.6 Å². The van der Waals surface area contributed by atoms with Crippen LogP contribution in [0.3, 0.4) is 0 Å². The van der Waals surface area contributed by atoms with Gasteiger partial charge in [-0.05, 0) is 35.9 Å². The van der Waals surface area contributed by atoms with Crippen molar-refractivity contribution >= 4 is 22.6 Å². The number of nitrogens with zero attached hydrogens (tertiary/aromatic N) is 1. The van der Waals surface area contributed by atoms with E-state index in [-0.39, 0.29) is 23.4 Å². The number of nitro benzene ring substituents is 1. The van der Waals surface area contributed by atoms with Crippen molar-refractivity contribution in [2.75, 3.05) is 14.2 Å². The number of ether oxygens (including phenoxy) is 3. The van der Waals surface area contributed by atoms with Gasteiger partial charge in [0.25, 0.3) is 5.69 Å². The maximum Gasteiger partial charge on any atom is 0.344 e. The van der Waals surface area contributed by atoms with Crippen LogP contribution in [0.5, 0.6) is 11.5 Å². The largest absolute Gasteiger partial charge is 0.493 e. The number of methoxy groups -OCH3 is 2. The first kappa shape index (κ1) is 22.5. The van der Waals surface area contributed by atoms with Crippen molar-refractivity contribution in [2.24, 2.45) is 0 Å². The van der Waals surface area contributed by atoms with Crippen molar-refractivity contribution in [1.82, 2.24) is 0 Å². The quantitative estimate of drug-likeness (QED) is 0.168. The molecule has 172 valence electrons. The molecule has 0 N–H and O–H groups in total. The van der Waals surface area contributed by atoms with Crippen LogP contribution in [0, 0.1) is 10.1 Å². The maximum atomic E-state index is 13.0. The molecule has 34 heavy (non-hydrogen) atoms. The van der Waals surface area contributed by atoms with E-state index in [1.54, 1.807) is 36.4 Å². The lowest BCUT2D eigenvalue weighted by molar-refractivity contribution is -0.384. The smallest absolute Gasteiger partial charge is 0.344 e. The van der Waals surface area contributed by atoms with Crippen LogP contribution in [-0.2, 0) is 11.3 Å². The number of non-ortho nitro benzene ring substituents is 1. The van der Waals surface area contributed by atoms with Crippen LogP contribution >= 0.6 is 0 Å². The first-order valence-corrected chi connectivity index (χ1v) is 10.1. The van der Waals surface area contributed by atoms with Gasteiger partial charge in [-0.2, -0.15) is 0 Å². The third kappa shape index (κ3) is 4.31. The number of benzene rings is 3. The zero-order valence-electron chi connectivity index (χ0n) is 18.3. The minimum Gasteiger partial charge on any atom is -0.493 e. The van der Waals surface area contributed by atoms with Gasteiger partial charge in [0.05, 0.1) is 30.3 Å². The fourth-order valence-electron chi connectivity index (χ4n) is 3.58. The van der Waals surface area contributed by atoms with Crippen LogP contribution in [0.25, 0.3) is 22.1 Å². The summed E-state index contributed by atoms with van der Waals surface area (Å²) < 4.78 is 21.7. The highest BCUT2D eigenvalue weighted by Crippen LogP contribution is 2.36. The number of fused-ring (bicyclic) bond motifs is 1. The summed E-state index contributed by atoms with van der Waals surface area (Å²) >= 11 is 0. The Kier molecular flexibility index (Phi) is 6.26. The van der Waals surface area contributed by atoms with E-state index in [1.165, 1.54) is 44.6 Å². The second-order valence-corrected chi connectivity index (χ2v) is 7.19. The molecule has 0 saturated heterocycles. The topological polar surface area (TPSA) is 118 Å². The molecular formula is C25H19NO8. The van der Waals surface area contributed by atoms with Gasteiger partial charge in [-0.15, -0.1) is 0 Å². The average molecular weight is 461 g/mol. The number of hydrogen-bond acceptors (Lipinski definition) is 8. The molecule has 9 heteroatoms. The zero-order valence-corrected chi connectivity index (χ0v) is 18.3. The van der Waals surface area contributed by atoms with E-state index in [2.05, 4.69) is 0 Å². The molecule has 0 atom stereocenters. The lowest BCUT2D eigenvalue weighted by Gasteiger charge is -2.15. The number of hydrogen-bond donors (Lipinski definition) is 0. The summed E-state index contributed by atoms with van der Waals surface area (Å²) in [5.74, 6) is 0.166. The van der Waals surface area contributed by atoms with Crippen molar-refractivity contribution in [3.05, 3.63) is 98.4 Å². The first-order chi connectivity index (χ1) is 16.4. The molecule has 0 amide bonds. The number of nitro groups is 1. The van der Waals surface area contributed by atoms with Crippen LogP contribution in [0.15, 0.2) is 75.9 Å². The summed E-state index contributed by atoms with van der Waals surface area (Å²) in [6, 6.07) is 17.0. The molecule has 4 rings (SSSR count). The molecule has 1 heterocycles. The third-order valence-electron chi connectivity index (χ3n) is 5.24. The molecule has 1 aromatic heterocycles. The Morgan fingerprint density at radius 2 is 1.62 bits per heavy atom. The van der Waals surface area contributed by atoms with E-state index in [1.807, 2.05) is 0 Å². The number of esters is 1. The normalized spacial score (nSPS) is 10.6. The Bertz CT molecular complexity index is 1430. The minimum atomic E-state index is -0.695. The summed E-state index contributed by atoms with van der Waals surface area (Å²) in [5.41, 5.74) is 0.601. The second-order valence-electron chi connectivity index (χ2n) is 7.19. The van der Waals surface area contributed by atoms with Crippen LogP contribution in [-0.4, -0.2) is 25.1 Å². The van der Waals surface area contributed by atoms with Gasteiger partial charge in [0, 0.05) is 29.1 Å². The molecule has 0 spiro atoms. The Morgan fingerprint density at radius 3 is 2.24 bits per heavy atom. The summed E-state index contributed by atoms with van der Waals surface area (Å²) in [6.07, 6.45) is 0. The standard InChI is InChI=1S/C25H19NO8/c1-31-21-12-18-19(14-33-24(27)16-6-4-3-5-7-16)23(15-8-10-17(11-9-15)26(29)30)25(28)34-20(18)13-22(21)32-2/h3-13H,14H2,1-2H3. The third-order valence-corrected chi connectivity index (χ3v) is 5.24. The first-order valence-electron chi connectivity index (χ1n) is 10.1. The van der Waals surface area contributed by atoms with E-state index in [0.717, 1.165) is 0 Å². The van der Waals surface area contributed by atoms with Crippen molar-refractivity contribution < 1.29 is 28.3 Å². The highest BCUT2D eigenvalue weighted by Gasteiger charge is 2.21. The van der Waals surface area contributed by atoms with E-state index < -0.39 is 16.5 Å². The van der Waals surface area contributed by atoms with Crippen molar-refractivity contribution in [3.63, 3.8) is 0 Å². The molecule has 0 aliphatic heterocycles. The summed E-state index contributed by atoms with van der Waals surface area (Å²) in [4.78, 5) is 36.1. The number of carbonyl (C=O) groups is 1. The van der Waals surface area contributed by atoms with Gasteiger partial charge in [-0.3, -0.25) is 10.1 Å². The van der Waals surface area contributed by atoms with Gasteiger partial charge in [0.2, 0.25) is 0 Å². The molecule has 9 nitrogen and oxygen atoms in total. The number of carbonyl (C=O) groups excluding carboxylic acids is 1. The Balaban J connectivity index is 1.88. The van der Waals surface area contributed by atoms with E-state index in [4.69, 9.17) is 18.6 Å². The predicted octanol–water partition coefficient (Wildman–Crippen LogP) is 4.74. The predicted molar refractivity (Wildman–Crippen MR) is 123 cm³/mol. The highest BCUT2D eigenvalue weighted by atomic mass is 16.6. The second kappa shape index (κ2) is 9.45. The zero-order chi connectivity index (χ0) is 24.2. The van der Waals surface area contributed by atoms with E-state index in [9.17, 15) is 19.7 Å². The molecule has 0 unspecified atom stereocenters. The average Bonchev–Trinajstić information content (AvgIpc) is 2.86. The minimum absolute atomic E-state index is 0.121. The van der Waals surface area contributed by atoms with Gasteiger partial charge < -0.3 is 18.6 Å². The molecule has 0 saturated carbocycles. The van der Waals surface area contributed by atoms with E-state index >= 15 is 0 Å². The lowest BCUT2D eigenvalue weighted by atomic mass is 9.98. The molecule has 4 aromatic rings. The highest BCUT2D eigenvalue weighted by molar-refractivity contribution is 5.91. The van der Waals surface area contributed by atoms with Crippen LogP contribution in [0.4, 0.5) is 5.69 Å². The summed E-state index contributed by atoms with van der Waals surface area (Å²) in [7, 11) is 2.92. The molecule has 0 fully saturated rings. The Labute approximate surface area is 193 Å². The molecule has 0 aliphatic rings. The fraction of sp³-hybridized carbons (Fsp3) is 0.120. The fourth-order valence-corrected chi connectivity index (χ4v) is 3.58. The van der Waals surface area contributed by atoms with Crippen LogP contribution in [0.2, 0.25) is 0 Å². The van der Waals surface area contributed by atoms with E-state index in [0.29, 0.717) is 33.6 Å². The van der Waals surface area contributed by atoms with Gasteiger partial charge in [-0.1, -0.05) is 18.2 Å². The molecule has 0 radical (unpaired) electrons. The summed E-state index contributed by atoms with van der Waals surface area (Å²) in [6.45, 7) is -0.252. The molecular weight excluding hydrogens is 442 g/mol. The number of rotatable bonds is 7. The molecule has 3 aromatic carbocycles. The molecule has 0 aliphatic carbocycles. The monoisotopic (exact) mass is 461 g/mol. The Morgan fingerprint density at radius 1 is 0.971 bits per heavy atom. The van der Waals surface area contributed by atoms with Gasteiger partial charge in [-0.25, -0.2) is 9.59 Å². The summed E-state index contributed by atoms with van der Waals surface area (Å²) in [5, 5.41) is 11.5. The van der Waals surface area contributed by atoms with Gasteiger partial charge in [0.15, 0.2) is 11.5 Å². The van der Waals surface area contributed by atoms with Gasteiger partial charge in [0.1, 0.15) is 12.2 Å². The Hall–Kier alpha value is -4.66. The van der Waals surface area contributed by atoms with Crippen LogP contribution in [0.1, 0.15) is 15.9 Å². The van der Waals surface area contributed by atoms with Crippen molar-refractivity contribution in [3.8, 4) is 22.6 Å². The van der Waals surface area contributed by atoms with Crippen molar-refractivity contribution in [1.29, 1.82) is 0 Å². The molecule has 0 bridgehead atoms. The lowest BCUT2D eigenvalue weighted by Crippen LogP contribution is -2.12.